The van der Waals surface area contributed by atoms with Crippen molar-refractivity contribution in [1.82, 2.24) is 14.9 Å². The molecule has 35 heavy (non-hydrogen) atoms. The molecule has 1 N–H and O–H groups in total. The van der Waals surface area contributed by atoms with Crippen molar-refractivity contribution in [3.05, 3.63) is 71.8 Å². The van der Waals surface area contributed by atoms with Crippen LogP contribution < -0.4 is 15.0 Å². The summed E-state index contributed by atoms with van der Waals surface area (Å²) in [5.74, 6) is -0.927. The summed E-state index contributed by atoms with van der Waals surface area (Å²) in [5, 5.41) is 2.96. The van der Waals surface area contributed by atoms with Gasteiger partial charge in [0.25, 0.3) is 5.91 Å². The zero-order valence-corrected chi connectivity index (χ0v) is 20.7. The summed E-state index contributed by atoms with van der Waals surface area (Å²) in [6, 6.07) is 14.8. The van der Waals surface area contributed by atoms with Crippen LogP contribution in [0.15, 0.2) is 59.8 Å². The Morgan fingerprint density at radius 2 is 1.94 bits per heavy atom. The highest BCUT2D eigenvalue weighted by atomic mass is 32.2. The number of amides is 2. The van der Waals surface area contributed by atoms with Crippen molar-refractivity contribution in [3.63, 3.8) is 0 Å². The number of benzene rings is 2. The summed E-state index contributed by atoms with van der Waals surface area (Å²) in [6.07, 6.45) is 3.32. The normalized spacial score (nSPS) is 17.0. The van der Waals surface area contributed by atoms with Crippen LogP contribution in [-0.2, 0) is 22.6 Å². The first kappa shape index (κ1) is 24.3. The minimum Gasteiger partial charge on any atom is -0.496 e. The average molecular weight is 495 g/mol. The number of hydrogen-bond donors (Lipinski definition) is 1. The first-order valence-electron chi connectivity index (χ1n) is 10.9. The lowest BCUT2D eigenvalue weighted by Crippen LogP contribution is -2.64. The fraction of sp³-hybridized carbons (Fsp3) is 0.280. The van der Waals surface area contributed by atoms with Crippen LogP contribution in [0.2, 0.25) is 0 Å². The maximum absolute atomic E-state index is 13.9. The number of hydrogen-bond acceptors (Lipinski definition) is 7. The van der Waals surface area contributed by atoms with Crippen LogP contribution in [0.4, 0.5) is 5.69 Å². The number of aromatic nitrogens is 2. The van der Waals surface area contributed by atoms with Gasteiger partial charge >= 0.3 is 5.97 Å². The quantitative estimate of drug-likeness (QED) is 0.398. The van der Waals surface area contributed by atoms with E-state index in [0.29, 0.717) is 11.4 Å². The third kappa shape index (κ3) is 4.37. The Bertz CT molecular complexity index is 1290. The van der Waals surface area contributed by atoms with Gasteiger partial charge in [-0.1, -0.05) is 24.3 Å². The van der Waals surface area contributed by atoms with Crippen LogP contribution in [0.5, 0.6) is 5.75 Å². The number of ether oxygens (including phenoxy) is 2. The van der Waals surface area contributed by atoms with Gasteiger partial charge in [0.2, 0.25) is 5.91 Å². The second-order valence-electron chi connectivity index (χ2n) is 8.17. The van der Waals surface area contributed by atoms with E-state index in [0.717, 1.165) is 10.5 Å². The predicted octanol–water partition coefficient (Wildman–Crippen LogP) is 3.14. The molecule has 1 aromatic heterocycles. The van der Waals surface area contributed by atoms with Crippen LogP contribution in [-0.4, -0.2) is 53.3 Å². The highest BCUT2D eigenvalue weighted by molar-refractivity contribution is 7.98. The van der Waals surface area contributed by atoms with Gasteiger partial charge in [0.05, 0.1) is 27.1 Å². The van der Waals surface area contributed by atoms with Gasteiger partial charge in [-0.2, -0.15) is 0 Å². The lowest BCUT2D eigenvalue weighted by molar-refractivity contribution is -0.126. The molecule has 0 unspecified atom stereocenters. The maximum Gasteiger partial charge on any atom is 0.359 e. The Morgan fingerprint density at radius 3 is 2.66 bits per heavy atom. The van der Waals surface area contributed by atoms with Crippen LogP contribution in [0.3, 0.4) is 0 Å². The second-order valence-corrected chi connectivity index (χ2v) is 9.05. The smallest absolute Gasteiger partial charge is 0.359 e. The molecular weight excluding hydrogens is 468 g/mol. The molecule has 2 aromatic carbocycles. The topological polar surface area (TPSA) is 103 Å². The molecule has 182 valence electrons. The Morgan fingerprint density at radius 1 is 1.17 bits per heavy atom. The molecule has 1 aliphatic rings. The first-order valence-corrected chi connectivity index (χ1v) is 12.1. The van der Waals surface area contributed by atoms with Gasteiger partial charge in [-0.15, -0.1) is 11.8 Å². The average Bonchev–Trinajstić information content (AvgIpc) is 3.30. The maximum atomic E-state index is 13.9. The number of fused-ring (bicyclic) bond motifs is 1. The SMILES string of the molecule is COC(=O)c1ncn2c1C(=O)N(c1cccc(SC)c1)[C@](C)(C(=O)NCc1ccccc1OC)C2. The van der Waals surface area contributed by atoms with Crippen molar-refractivity contribution >= 4 is 35.2 Å². The highest BCUT2D eigenvalue weighted by Gasteiger charge is 2.49. The number of anilines is 1. The zero-order chi connectivity index (χ0) is 25.2. The van der Waals surface area contributed by atoms with E-state index in [4.69, 9.17) is 9.47 Å². The van der Waals surface area contributed by atoms with Crippen molar-refractivity contribution in [2.75, 3.05) is 25.4 Å². The van der Waals surface area contributed by atoms with E-state index in [2.05, 4.69) is 10.3 Å². The van der Waals surface area contributed by atoms with Crippen LogP contribution in [0, 0.1) is 0 Å². The van der Waals surface area contributed by atoms with Crippen molar-refractivity contribution in [2.45, 2.75) is 30.4 Å². The second kappa shape index (κ2) is 9.83. The van der Waals surface area contributed by atoms with Gasteiger partial charge in [0, 0.05) is 22.7 Å². The molecule has 0 saturated heterocycles. The first-order chi connectivity index (χ1) is 16.8. The third-order valence-corrected chi connectivity index (χ3v) is 6.75. The van der Waals surface area contributed by atoms with Crippen LogP contribution in [0.1, 0.15) is 33.5 Å². The molecule has 2 heterocycles. The van der Waals surface area contributed by atoms with E-state index in [1.54, 1.807) is 20.1 Å². The van der Waals surface area contributed by atoms with Crippen LogP contribution in [0.25, 0.3) is 0 Å². The highest BCUT2D eigenvalue weighted by Crippen LogP contribution is 2.35. The minimum atomic E-state index is -1.31. The number of methoxy groups -OCH3 is 2. The standard InChI is InChI=1S/C25H26N4O5S/c1-25(24(32)26-13-16-8-5-6-11-19(16)33-2)14-28-15-27-20(23(31)34-3)21(28)22(30)29(25)17-9-7-10-18(12-17)35-4/h5-12,15H,13-14H2,1-4H3,(H,26,32)/t25-/m0/s1. The number of rotatable bonds is 7. The van der Waals surface area contributed by atoms with Gasteiger partial charge in [-0.3, -0.25) is 14.5 Å². The van der Waals surface area contributed by atoms with Crippen molar-refractivity contribution in [3.8, 4) is 5.75 Å². The van der Waals surface area contributed by atoms with E-state index < -0.39 is 17.4 Å². The lowest BCUT2D eigenvalue weighted by atomic mass is 9.93. The molecule has 1 aliphatic heterocycles. The molecule has 4 rings (SSSR count). The van der Waals surface area contributed by atoms with E-state index in [1.807, 2.05) is 48.7 Å². The monoisotopic (exact) mass is 494 g/mol. The van der Waals surface area contributed by atoms with Crippen molar-refractivity contribution in [1.29, 1.82) is 0 Å². The number of carbonyl (C=O) groups is 3. The molecule has 9 nitrogen and oxygen atoms in total. The van der Waals surface area contributed by atoms with Gasteiger partial charge in [-0.25, -0.2) is 9.78 Å². The van der Waals surface area contributed by atoms with Gasteiger partial charge < -0.3 is 19.4 Å². The van der Waals surface area contributed by atoms with Crippen molar-refractivity contribution < 1.29 is 23.9 Å². The fourth-order valence-electron chi connectivity index (χ4n) is 4.24. The van der Waals surface area contributed by atoms with Gasteiger partial charge in [0.15, 0.2) is 5.69 Å². The minimum absolute atomic E-state index is 0.0833. The molecule has 0 radical (unpaired) electrons. The zero-order valence-electron chi connectivity index (χ0n) is 19.9. The molecule has 0 bridgehead atoms. The third-order valence-electron chi connectivity index (χ3n) is 6.03. The molecule has 3 aromatic rings. The number of imidazole rings is 1. The Hall–Kier alpha value is -3.79. The summed E-state index contributed by atoms with van der Waals surface area (Å²) in [5.41, 5.74) is 0.0415. The summed E-state index contributed by atoms with van der Waals surface area (Å²) in [6.45, 7) is 2.02. The number of thioether (sulfide) groups is 1. The predicted molar refractivity (Wildman–Crippen MR) is 132 cm³/mol. The molecule has 0 spiro atoms. The molecule has 10 heteroatoms. The fourth-order valence-corrected chi connectivity index (χ4v) is 4.70. The number of carbonyl (C=O) groups excluding carboxylic acids is 3. The van der Waals surface area contributed by atoms with E-state index in [9.17, 15) is 14.4 Å². The molecule has 1 atom stereocenters. The van der Waals surface area contributed by atoms with Gasteiger partial charge in [-0.05, 0) is 37.4 Å². The van der Waals surface area contributed by atoms with Crippen LogP contribution >= 0.6 is 11.8 Å². The Kier molecular flexibility index (Phi) is 6.83. The summed E-state index contributed by atoms with van der Waals surface area (Å²) < 4.78 is 11.7. The lowest BCUT2D eigenvalue weighted by Gasteiger charge is -2.43. The summed E-state index contributed by atoms with van der Waals surface area (Å²) >= 11 is 1.52. The summed E-state index contributed by atoms with van der Waals surface area (Å²) in [4.78, 5) is 46.3. The Balaban J connectivity index is 1.76. The molecule has 2 amide bonds. The number of nitrogens with zero attached hydrogens (tertiary/aromatic N) is 3. The largest absolute Gasteiger partial charge is 0.496 e. The van der Waals surface area contributed by atoms with Crippen molar-refractivity contribution in [2.24, 2.45) is 0 Å². The van der Waals surface area contributed by atoms with E-state index in [1.165, 1.54) is 34.7 Å². The van der Waals surface area contributed by atoms with E-state index >= 15 is 0 Å². The number of nitrogens with one attached hydrogen (secondary N) is 1. The molecule has 0 fully saturated rings. The van der Waals surface area contributed by atoms with E-state index in [-0.39, 0.29) is 30.4 Å². The molecular formula is C25H26N4O5S. The summed E-state index contributed by atoms with van der Waals surface area (Å²) in [7, 11) is 2.80. The molecule has 0 aliphatic carbocycles. The van der Waals surface area contributed by atoms with Gasteiger partial charge in [0.1, 0.15) is 17.0 Å². The Labute approximate surface area is 207 Å². The number of para-hydroxylation sites is 1. The number of esters is 1. The molecule has 0 saturated carbocycles.